The van der Waals surface area contributed by atoms with Gasteiger partial charge in [0.05, 0.1) is 5.92 Å². The van der Waals surface area contributed by atoms with E-state index in [9.17, 15) is 4.79 Å². The third-order valence-electron chi connectivity index (χ3n) is 4.64. The highest BCUT2D eigenvalue weighted by molar-refractivity contribution is 5.87. The maximum Gasteiger partial charge on any atom is 0.230 e. The normalized spacial score (nSPS) is 24.4. The molecule has 1 amide bonds. The van der Waals surface area contributed by atoms with Crippen molar-refractivity contribution >= 4 is 5.91 Å². The molecule has 1 aliphatic heterocycles. The Morgan fingerprint density at radius 2 is 2.20 bits per heavy atom. The molecule has 3 rings (SSSR count). The van der Waals surface area contributed by atoms with Crippen LogP contribution in [0.1, 0.15) is 43.7 Å². The molecule has 2 unspecified atom stereocenters. The molecule has 108 valence electrons. The van der Waals surface area contributed by atoms with Crippen LogP contribution in [0.5, 0.6) is 0 Å². The van der Waals surface area contributed by atoms with E-state index in [0.717, 1.165) is 19.5 Å². The van der Waals surface area contributed by atoms with Gasteiger partial charge in [-0.1, -0.05) is 24.3 Å². The van der Waals surface area contributed by atoms with Gasteiger partial charge in [-0.05, 0) is 50.8 Å². The predicted molar refractivity (Wildman–Crippen MR) is 80.8 cm³/mol. The van der Waals surface area contributed by atoms with Crippen molar-refractivity contribution in [2.45, 2.75) is 51.1 Å². The molecular weight excluding hydrogens is 248 g/mol. The number of hydrogen-bond acceptors (Lipinski definition) is 2. The summed E-state index contributed by atoms with van der Waals surface area (Å²) in [7, 11) is 0. The smallest absolute Gasteiger partial charge is 0.230 e. The van der Waals surface area contributed by atoms with Crippen molar-refractivity contribution in [1.29, 1.82) is 0 Å². The maximum atomic E-state index is 12.8. The van der Waals surface area contributed by atoms with E-state index >= 15 is 0 Å². The molecule has 0 aromatic heterocycles. The average molecular weight is 272 g/mol. The third kappa shape index (κ3) is 2.47. The molecular formula is C17H24N2O. The van der Waals surface area contributed by atoms with Crippen molar-refractivity contribution in [1.82, 2.24) is 10.2 Å². The number of benzene rings is 1. The van der Waals surface area contributed by atoms with Gasteiger partial charge in [-0.25, -0.2) is 0 Å². The van der Waals surface area contributed by atoms with Gasteiger partial charge >= 0.3 is 0 Å². The fraction of sp³-hybridized carbons (Fsp3) is 0.588. The van der Waals surface area contributed by atoms with E-state index in [2.05, 4.69) is 42.3 Å². The Balaban J connectivity index is 1.70. The summed E-state index contributed by atoms with van der Waals surface area (Å²) < 4.78 is 0. The third-order valence-corrected chi connectivity index (χ3v) is 4.64. The summed E-state index contributed by atoms with van der Waals surface area (Å²) in [5, 5.41) is 3.50. The van der Waals surface area contributed by atoms with Gasteiger partial charge in [0.15, 0.2) is 0 Å². The fourth-order valence-corrected chi connectivity index (χ4v) is 3.38. The monoisotopic (exact) mass is 272 g/mol. The van der Waals surface area contributed by atoms with E-state index in [1.165, 1.54) is 24.0 Å². The molecule has 3 nitrogen and oxygen atoms in total. The fourth-order valence-electron chi connectivity index (χ4n) is 3.38. The van der Waals surface area contributed by atoms with Crippen LogP contribution in [0.25, 0.3) is 0 Å². The highest BCUT2D eigenvalue weighted by Crippen LogP contribution is 2.36. The highest BCUT2D eigenvalue weighted by Gasteiger charge is 2.36. The SMILES string of the molecule is CC(C)N(CC1CCCN1)C(=O)C1Cc2ccccc21. The lowest BCUT2D eigenvalue weighted by Gasteiger charge is -2.37. The van der Waals surface area contributed by atoms with E-state index < -0.39 is 0 Å². The van der Waals surface area contributed by atoms with Gasteiger partial charge in [0.1, 0.15) is 0 Å². The number of nitrogens with one attached hydrogen (secondary N) is 1. The highest BCUT2D eigenvalue weighted by atomic mass is 16.2. The maximum absolute atomic E-state index is 12.8. The number of fused-ring (bicyclic) bond motifs is 1. The van der Waals surface area contributed by atoms with Crippen LogP contribution in [-0.4, -0.2) is 36.0 Å². The molecule has 1 saturated heterocycles. The topological polar surface area (TPSA) is 32.3 Å². The van der Waals surface area contributed by atoms with Crippen LogP contribution in [0.2, 0.25) is 0 Å². The summed E-state index contributed by atoms with van der Waals surface area (Å²) in [5.41, 5.74) is 2.58. The Morgan fingerprint density at radius 1 is 1.40 bits per heavy atom. The second-order valence-corrected chi connectivity index (χ2v) is 6.33. The van der Waals surface area contributed by atoms with E-state index in [4.69, 9.17) is 0 Å². The number of nitrogens with zero attached hydrogens (tertiary/aromatic N) is 1. The lowest BCUT2D eigenvalue weighted by Crippen LogP contribution is -2.48. The van der Waals surface area contributed by atoms with Crippen LogP contribution in [0.15, 0.2) is 24.3 Å². The lowest BCUT2D eigenvalue weighted by atomic mass is 9.76. The Morgan fingerprint density at radius 3 is 2.85 bits per heavy atom. The summed E-state index contributed by atoms with van der Waals surface area (Å²) in [4.78, 5) is 14.9. The molecule has 20 heavy (non-hydrogen) atoms. The second-order valence-electron chi connectivity index (χ2n) is 6.33. The number of rotatable bonds is 4. The predicted octanol–water partition coefficient (Wildman–Crippen LogP) is 2.32. The molecule has 3 heteroatoms. The summed E-state index contributed by atoms with van der Waals surface area (Å²) in [5.74, 6) is 0.405. The summed E-state index contributed by atoms with van der Waals surface area (Å²) >= 11 is 0. The van der Waals surface area contributed by atoms with Crippen molar-refractivity contribution < 1.29 is 4.79 Å². The van der Waals surface area contributed by atoms with Gasteiger partial charge in [-0.3, -0.25) is 4.79 Å². The molecule has 1 aliphatic carbocycles. The standard InChI is InChI=1S/C17H24N2O/c1-12(2)19(11-14-7-5-9-18-14)17(20)16-10-13-6-3-4-8-15(13)16/h3-4,6,8,12,14,16,18H,5,7,9-11H2,1-2H3. The van der Waals surface area contributed by atoms with Gasteiger partial charge in [-0.15, -0.1) is 0 Å². The van der Waals surface area contributed by atoms with Crippen molar-refractivity contribution in [3.8, 4) is 0 Å². The molecule has 1 aromatic carbocycles. The Bertz CT molecular complexity index is 492. The minimum absolute atomic E-state index is 0.0926. The van der Waals surface area contributed by atoms with Crippen molar-refractivity contribution in [3.05, 3.63) is 35.4 Å². The second kappa shape index (κ2) is 5.57. The number of amides is 1. The van der Waals surface area contributed by atoms with Gasteiger partial charge in [0, 0.05) is 18.6 Å². The first-order valence-electron chi connectivity index (χ1n) is 7.78. The van der Waals surface area contributed by atoms with Crippen LogP contribution in [0.4, 0.5) is 0 Å². The first-order chi connectivity index (χ1) is 9.66. The molecule has 0 saturated carbocycles. The van der Waals surface area contributed by atoms with Gasteiger partial charge in [-0.2, -0.15) is 0 Å². The zero-order valence-electron chi connectivity index (χ0n) is 12.4. The van der Waals surface area contributed by atoms with Crippen LogP contribution < -0.4 is 5.32 Å². The van der Waals surface area contributed by atoms with Gasteiger partial charge in [0.25, 0.3) is 0 Å². The van der Waals surface area contributed by atoms with Crippen LogP contribution >= 0.6 is 0 Å². The zero-order valence-corrected chi connectivity index (χ0v) is 12.4. The average Bonchev–Trinajstić information content (AvgIpc) is 2.90. The van der Waals surface area contributed by atoms with Crippen molar-refractivity contribution in [3.63, 3.8) is 0 Å². The van der Waals surface area contributed by atoms with Crippen LogP contribution in [-0.2, 0) is 11.2 Å². The summed E-state index contributed by atoms with van der Waals surface area (Å²) in [6.45, 7) is 6.20. The first kappa shape index (κ1) is 13.6. The molecule has 1 N–H and O–H groups in total. The first-order valence-corrected chi connectivity index (χ1v) is 7.78. The molecule has 0 bridgehead atoms. The zero-order chi connectivity index (χ0) is 14.1. The van der Waals surface area contributed by atoms with E-state index in [-0.39, 0.29) is 12.0 Å². The number of carbonyl (C=O) groups is 1. The number of carbonyl (C=O) groups excluding carboxylic acids is 1. The molecule has 0 spiro atoms. The van der Waals surface area contributed by atoms with Crippen molar-refractivity contribution in [2.75, 3.05) is 13.1 Å². The molecule has 1 heterocycles. The minimum atomic E-state index is 0.0926. The van der Waals surface area contributed by atoms with Crippen LogP contribution in [0, 0.1) is 0 Å². The molecule has 1 aromatic rings. The molecule has 0 radical (unpaired) electrons. The van der Waals surface area contributed by atoms with E-state index in [1.54, 1.807) is 0 Å². The van der Waals surface area contributed by atoms with Gasteiger partial charge in [0.2, 0.25) is 5.91 Å². The Labute approximate surface area is 121 Å². The summed E-state index contributed by atoms with van der Waals surface area (Å²) in [6.07, 6.45) is 3.34. The molecule has 2 aliphatic rings. The molecule has 1 fully saturated rings. The summed E-state index contributed by atoms with van der Waals surface area (Å²) in [6, 6.07) is 9.10. The number of hydrogen-bond donors (Lipinski definition) is 1. The Kier molecular flexibility index (Phi) is 3.79. The van der Waals surface area contributed by atoms with Crippen LogP contribution in [0.3, 0.4) is 0 Å². The lowest BCUT2D eigenvalue weighted by molar-refractivity contribution is -0.135. The Hall–Kier alpha value is -1.35. The quantitative estimate of drug-likeness (QED) is 0.912. The largest absolute Gasteiger partial charge is 0.338 e. The molecule has 2 atom stereocenters. The minimum Gasteiger partial charge on any atom is -0.338 e. The van der Waals surface area contributed by atoms with Crippen molar-refractivity contribution in [2.24, 2.45) is 0 Å². The van der Waals surface area contributed by atoms with E-state index in [1.807, 2.05) is 6.07 Å². The van der Waals surface area contributed by atoms with Gasteiger partial charge < -0.3 is 10.2 Å². The van der Waals surface area contributed by atoms with E-state index in [0.29, 0.717) is 11.9 Å².